The lowest BCUT2D eigenvalue weighted by Gasteiger charge is -2.06. The van der Waals surface area contributed by atoms with Gasteiger partial charge in [0.05, 0.1) is 4.92 Å². The number of nitrogens with zero attached hydrogens (tertiary/aromatic N) is 2. The Balaban J connectivity index is 2.37. The second-order valence-electron chi connectivity index (χ2n) is 4.34. The second kappa shape index (κ2) is 5.12. The number of rotatable bonds is 3. The summed E-state index contributed by atoms with van der Waals surface area (Å²) in [6.07, 6.45) is 1.43. The Bertz CT molecular complexity index is 637. The molecule has 0 unspecified atom stereocenters. The summed E-state index contributed by atoms with van der Waals surface area (Å²) in [4.78, 5) is 34.8. The number of imide groups is 1. The van der Waals surface area contributed by atoms with E-state index in [-0.39, 0.29) is 17.9 Å². The van der Waals surface area contributed by atoms with E-state index in [9.17, 15) is 19.7 Å². The molecule has 2 rings (SSSR count). The lowest BCUT2D eigenvalue weighted by atomic mass is 10.1. The number of carbonyl (C=O) groups is 2. The van der Waals surface area contributed by atoms with Crippen LogP contribution in [0.25, 0.3) is 6.08 Å². The molecule has 20 heavy (non-hydrogen) atoms. The lowest BCUT2D eigenvalue weighted by molar-refractivity contribution is -0.385. The molecule has 1 aliphatic rings. The van der Waals surface area contributed by atoms with E-state index in [2.05, 4.69) is 5.32 Å². The van der Waals surface area contributed by atoms with Gasteiger partial charge < -0.3 is 5.32 Å². The Labute approximate surface area is 115 Å². The molecule has 0 aromatic heterocycles. The van der Waals surface area contributed by atoms with Crippen molar-refractivity contribution in [3.63, 3.8) is 0 Å². The number of nitro groups is 1. The van der Waals surface area contributed by atoms with Gasteiger partial charge in [0.2, 0.25) is 0 Å². The number of amides is 3. The molecule has 1 aliphatic heterocycles. The molecule has 3 amide bonds. The Morgan fingerprint density at radius 2 is 2.10 bits per heavy atom. The number of nitrogens with one attached hydrogen (secondary N) is 1. The maximum Gasteiger partial charge on any atom is 0.328 e. The van der Waals surface area contributed by atoms with Crippen molar-refractivity contribution in [3.8, 4) is 0 Å². The molecule has 0 saturated carbocycles. The average molecular weight is 275 g/mol. The minimum atomic E-state index is -0.481. The van der Waals surface area contributed by atoms with Gasteiger partial charge in [-0.2, -0.15) is 0 Å². The zero-order valence-electron chi connectivity index (χ0n) is 11.0. The van der Waals surface area contributed by atoms with Gasteiger partial charge in [-0.15, -0.1) is 0 Å². The number of hydrogen-bond donors (Lipinski definition) is 1. The summed E-state index contributed by atoms with van der Waals surface area (Å²) in [6.45, 7) is 3.60. The molecule has 0 radical (unpaired) electrons. The molecule has 1 aromatic rings. The van der Waals surface area contributed by atoms with Crippen molar-refractivity contribution in [2.75, 3.05) is 6.54 Å². The molecular weight excluding hydrogens is 262 g/mol. The highest BCUT2D eigenvalue weighted by Gasteiger charge is 2.32. The summed E-state index contributed by atoms with van der Waals surface area (Å²) in [5.74, 6) is -0.430. The van der Waals surface area contributed by atoms with Crippen molar-refractivity contribution >= 4 is 23.7 Å². The van der Waals surface area contributed by atoms with Crippen LogP contribution in [0.15, 0.2) is 23.9 Å². The molecule has 0 spiro atoms. The van der Waals surface area contributed by atoms with Crippen molar-refractivity contribution in [1.29, 1.82) is 0 Å². The monoisotopic (exact) mass is 275 g/mol. The molecule has 1 heterocycles. The van der Waals surface area contributed by atoms with Crippen molar-refractivity contribution in [1.82, 2.24) is 10.2 Å². The zero-order chi connectivity index (χ0) is 14.9. The van der Waals surface area contributed by atoms with Gasteiger partial charge in [0, 0.05) is 18.2 Å². The van der Waals surface area contributed by atoms with E-state index in [1.54, 1.807) is 26.0 Å². The Kier molecular flexibility index (Phi) is 3.51. The van der Waals surface area contributed by atoms with Gasteiger partial charge in [0.25, 0.3) is 11.6 Å². The van der Waals surface area contributed by atoms with Crippen LogP contribution in [0.1, 0.15) is 18.1 Å². The summed E-state index contributed by atoms with van der Waals surface area (Å²) in [6, 6.07) is 4.15. The van der Waals surface area contributed by atoms with Crippen molar-refractivity contribution in [2.45, 2.75) is 13.8 Å². The summed E-state index contributed by atoms with van der Waals surface area (Å²) in [5, 5.41) is 13.3. The Morgan fingerprint density at radius 3 is 2.65 bits per heavy atom. The van der Waals surface area contributed by atoms with Crippen LogP contribution in [0.4, 0.5) is 10.5 Å². The minimum Gasteiger partial charge on any atom is -0.303 e. The van der Waals surface area contributed by atoms with Crippen LogP contribution in [0.2, 0.25) is 0 Å². The number of aryl methyl sites for hydroxylation is 1. The van der Waals surface area contributed by atoms with E-state index < -0.39 is 16.9 Å². The van der Waals surface area contributed by atoms with Crippen LogP contribution in [-0.2, 0) is 4.79 Å². The molecule has 0 bridgehead atoms. The predicted molar refractivity (Wildman–Crippen MR) is 71.7 cm³/mol. The molecule has 0 atom stereocenters. The molecule has 1 fully saturated rings. The molecule has 7 nitrogen and oxygen atoms in total. The van der Waals surface area contributed by atoms with Crippen LogP contribution >= 0.6 is 0 Å². The van der Waals surface area contributed by atoms with Crippen molar-refractivity contribution < 1.29 is 14.5 Å². The fourth-order valence-electron chi connectivity index (χ4n) is 1.94. The first-order valence-electron chi connectivity index (χ1n) is 6.03. The van der Waals surface area contributed by atoms with Gasteiger partial charge in [0.1, 0.15) is 5.70 Å². The standard InChI is InChI=1S/C13H13N3O4/c1-3-15-12(17)10(14-13(15)18)6-9-5-4-8(2)11(7-9)16(19)20/h4-7H,3H2,1-2H3,(H,14,18)/b10-6+. The van der Waals surface area contributed by atoms with Gasteiger partial charge in [-0.3, -0.25) is 19.8 Å². The number of carbonyl (C=O) groups excluding carboxylic acids is 2. The van der Waals surface area contributed by atoms with Crippen molar-refractivity contribution in [2.24, 2.45) is 0 Å². The van der Waals surface area contributed by atoms with Gasteiger partial charge in [0.15, 0.2) is 0 Å². The van der Waals surface area contributed by atoms with Gasteiger partial charge >= 0.3 is 6.03 Å². The number of urea groups is 1. The molecule has 1 aromatic carbocycles. The average Bonchev–Trinajstić information content (AvgIpc) is 2.66. The third-order valence-electron chi connectivity index (χ3n) is 3.02. The molecule has 1 N–H and O–H groups in total. The first kappa shape index (κ1) is 13.7. The van der Waals surface area contributed by atoms with E-state index >= 15 is 0 Å². The molecule has 1 saturated heterocycles. The highest BCUT2D eigenvalue weighted by Crippen LogP contribution is 2.21. The number of benzene rings is 1. The maximum absolute atomic E-state index is 11.9. The van der Waals surface area contributed by atoms with Crippen LogP contribution < -0.4 is 5.32 Å². The zero-order valence-corrected chi connectivity index (χ0v) is 11.0. The highest BCUT2D eigenvalue weighted by atomic mass is 16.6. The van der Waals surface area contributed by atoms with Crippen LogP contribution in [0.3, 0.4) is 0 Å². The van der Waals surface area contributed by atoms with E-state index in [1.807, 2.05) is 0 Å². The first-order valence-corrected chi connectivity index (χ1v) is 6.03. The molecule has 104 valence electrons. The maximum atomic E-state index is 11.9. The van der Waals surface area contributed by atoms with E-state index in [0.29, 0.717) is 11.1 Å². The largest absolute Gasteiger partial charge is 0.328 e. The summed E-state index contributed by atoms with van der Waals surface area (Å²) in [5.41, 5.74) is 1.12. The minimum absolute atomic E-state index is 0.0246. The van der Waals surface area contributed by atoms with E-state index in [4.69, 9.17) is 0 Å². The smallest absolute Gasteiger partial charge is 0.303 e. The molecular formula is C13H13N3O4. The second-order valence-corrected chi connectivity index (χ2v) is 4.34. The van der Waals surface area contributed by atoms with Crippen LogP contribution in [-0.4, -0.2) is 28.3 Å². The summed E-state index contributed by atoms with van der Waals surface area (Å²) < 4.78 is 0. The Morgan fingerprint density at radius 1 is 1.40 bits per heavy atom. The third kappa shape index (κ3) is 2.37. The quantitative estimate of drug-likeness (QED) is 0.394. The summed E-state index contributed by atoms with van der Waals surface area (Å²) in [7, 11) is 0. The third-order valence-corrected chi connectivity index (χ3v) is 3.02. The van der Waals surface area contributed by atoms with Gasteiger partial charge in [-0.25, -0.2) is 4.79 Å². The lowest BCUT2D eigenvalue weighted by Crippen LogP contribution is -2.30. The topological polar surface area (TPSA) is 92.6 Å². The molecule has 0 aliphatic carbocycles. The van der Waals surface area contributed by atoms with Crippen molar-refractivity contribution in [3.05, 3.63) is 45.1 Å². The van der Waals surface area contributed by atoms with E-state index in [0.717, 1.165) is 4.90 Å². The number of likely N-dealkylation sites (N-methyl/N-ethyl adjacent to an activating group) is 1. The normalized spacial score (nSPS) is 16.7. The van der Waals surface area contributed by atoms with E-state index in [1.165, 1.54) is 12.1 Å². The SMILES string of the molecule is CCN1C(=O)N/C(=C/c2ccc(C)c([N+](=O)[O-])c2)C1=O. The first-order chi connectivity index (χ1) is 9.43. The van der Waals surface area contributed by atoms with Gasteiger partial charge in [-0.1, -0.05) is 12.1 Å². The fraction of sp³-hybridized carbons (Fsp3) is 0.231. The van der Waals surface area contributed by atoms with Gasteiger partial charge in [-0.05, 0) is 25.5 Å². The summed E-state index contributed by atoms with van der Waals surface area (Å²) >= 11 is 0. The fourth-order valence-corrected chi connectivity index (χ4v) is 1.94. The van der Waals surface area contributed by atoms with Crippen LogP contribution in [0, 0.1) is 17.0 Å². The predicted octanol–water partition coefficient (Wildman–Crippen LogP) is 1.82. The number of nitro benzene ring substituents is 1. The number of hydrogen-bond acceptors (Lipinski definition) is 4. The Hall–Kier alpha value is -2.70. The highest BCUT2D eigenvalue weighted by molar-refractivity contribution is 6.13. The molecule has 7 heteroatoms. The van der Waals surface area contributed by atoms with Crippen LogP contribution in [0.5, 0.6) is 0 Å².